The molecule has 2 aliphatic rings. The maximum absolute atomic E-state index is 13.0. The van der Waals surface area contributed by atoms with Gasteiger partial charge in [0, 0.05) is 29.3 Å². The lowest BCUT2D eigenvalue weighted by molar-refractivity contribution is -0.129. The molecule has 1 atom stereocenters. The fourth-order valence-corrected chi connectivity index (χ4v) is 5.03. The molecule has 3 heterocycles. The molecule has 2 aliphatic heterocycles. The highest BCUT2D eigenvalue weighted by atomic mass is 32.2. The third kappa shape index (κ3) is 4.53. The van der Waals surface area contributed by atoms with Crippen molar-refractivity contribution < 1.29 is 18.7 Å². The van der Waals surface area contributed by atoms with Gasteiger partial charge in [-0.05, 0) is 37.1 Å². The van der Waals surface area contributed by atoms with Crippen LogP contribution in [0.3, 0.4) is 0 Å². The lowest BCUT2D eigenvalue weighted by atomic mass is 10.2. The summed E-state index contributed by atoms with van der Waals surface area (Å²) in [6.45, 7) is 1.74. The van der Waals surface area contributed by atoms with Gasteiger partial charge in [0.2, 0.25) is 5.91 Å². The van der Waals surface area contributed by atoms with E-state index in [0.717, 1.165) is 28.3 Å². The minimum absolute atomic E-state index is 0.0401. The zero-order valence-corrected chi connectivity index (χ0v) is 16.8. The number of benzene rings is 1. The molecule has 148 valence electrons. The van der Waals surface area contributed by atoms with Crippen LogP contribution in [0.25, 0.3) is 0 Å². The molecule has 2 amide bonds. The number of fused-ring (bicyclic) bond motifs is 1. The summed E-state index contributed by atoms with van der Waals surface area (Å²) in [6, 6.07) is 6.13. The van der Waals surface area contributed by atoms with Crippen LogP contribution < -0.4 is 5.32 Å². The molecule has 1 aromatic carbocycles. The standard InChI is InChI=1S/C19H20FN3O3S2/c20-12-3-5-13(6-4-12)27-11-17(24)23-8-7-14-16(10-23)28-19(21-14)22-18(25)15-2-1-9-26-15/h3-6,15H,1-2,7-11H2,(H,21,22,25). The minimum Gasteiger partial charge on any atom is -0.368 e. The van der Waals surface area contributed by atoms with E-state index in [-0.39, 0.29) is 23.7 Å². The number of nitrogens with one attached hydrogen (secondary N) is 1. The van der Waals surface area contributed by atoms with E-state index in [4.69, 9.17) is 4.74 Å². The highest BCUT2D eigenvalue weighted by Crippen LogP contribution is 2.29. The third-order valence-electron chi connectivity index (χ3n) is 4.71. The second-order valence-electron chi connectivity index (χ2n) is 6.69. The van der Waals surface area contributed by atoms with Crippen LogP contribution in [-0.4, -0.2) is 46.7 Å². The number of ether oxygens (including phenoxy) is 1. The van der Waals surface area contributed by atoms with Gasteiger partial charge in [-0.3, -0.25) is 14.9 Å². The van der Waals surface area contributed by atoms with E-state index in [1.807, 2.05) is 4.90 Å². The lowest BCUT2D eigenvalue weighted by Crippen LogP contribution is -2.36. The molecule has 0 saturated carbocycles. The third-order valence-corrected chi connectivity index (χ3v) is 6.71. The van der Waals surface area contributed by atoms with Gasteiger partial charge in [0.1, 0.15) is 11.9 Å². The highest BCUT2D eigenvalue weighted by molar-refractivity contribution is 8.00. The van der Waals surface area contributed by atoms with Crippen LogP contribution in [0.15, 0.2) is 29.2 Å². The first-order valence-electron chi connectivity index (χ1n) is 9.15. The molecule has 0 aliphatic carbocycles. The molecule has 9 heteroatoms. The number of carbonyl (C=O) groups is 2. The number of aromatic nitrogens is 1. The van der Waals surface area contributed by atoms with Crippen molar-refractivity contribution in [1.82, 2.24) is 9.88 Å². The Morgan fingerprint density at radius 1 is 1.36 bits per heavy atom. The van der Waals surface area contributed by atoms with Crippen molar-refractivity contribution in [2.45, 2.75) is 36.8 Å². The summed E-state index contributed by atoms with van der Waals surface area (Å²) in [5.74, 6) is -0.0834. The van der Waals surface area contributed by atoms with Gasteiger partial charge in [-0.15, -0.1) is 11.8 Å². The number of carbonyl (C=O) groups excluding carboxylic acids is 2. The Labute approximate surface area is 170 Å². The van der Waals surface area contributed by atoms with E-state index >= 15 is 0 Å². The summed E-state index contributed by atoms with van der Waals surface area (Å²) in [6.07, 6.45) is 1.93. The van der Waals surface area contributed by atoms with Crippen molar-refractivity contribution in [3.05, 3.63) is 40.7 Å². The molecule has 0 radical (unpaired) electrons. The normalized spacial score (nSPS) is 18.8. The number of rotatable bonds is 5. The highest BCUT2D eigenvalue weighted by Gasteiger charge is 2.27. The van der Waals surface area contributed by atoms with Gasteiger partial charge in [0.15, 0.2) is 5.13 Å². The monoisotopic (exact) mass is 421 g/mol. The van der Waals surface area contributed by atoms with Crippen molar-refractivity contribution in [2.24, 2.45) is 0 Å². The number of hydrogen-bond acceptors (Lipinski definition) is 6. The lowest BCUT2D eigenvalue weighted by Gasteiger charge is -2.26. The zero-order valence-electron chi connectivity index (χ0n) is 15.2. The molecule has 1 aromatic heterocycles. The Bertz CT molecular complexity index is 866. The van der Waals surface area contributed by atoms with Crippen molar-refractivity contribution in [2.75, 3.05) is 24.2 Å². The fraction of sp³-hybridized carbons (Fsp3) is 0.421. The molecule has 1 saturated heterocycles. The molecule has 4 rings (SSSR count). The van der Waals surface area contributed by atoms with Gasteiger partial charge >= 0.3 is 0 Å². The fourth-order valence-electron chi connectivity index (χ4n) is 3.20. The average molecular weight is 422 g/mol. The maximum atomic E-state index is 13.0. The predicted molar refractivity (Wildman–Crippen MR) is 106 cm³/mol. The van der Waals surface area contributed by atoms with Crippen LogP contribution in [0.1, 0.15) is 23.4 Å². The number of hydrogen-bond donors (Lipinski definition) is 1. The number of anilines is 1. The zero-order chi connectivity index (χ0) is 19.5. The summed E-state index contributed by atoms with van der Waals surface area (Å²) in [5.41, 5.74) is 0.947. The Hall–Kier alpha value is -1.97. The second-order valence-corrected chi connectivity index (χ2v) is 8.82. The van der Waals surface area contributed by atoms with Gasteiger partial charge < -0.3 is 9.64 Å². The smallest absolute Gasteiger partial charge is 0.255 e. The van der Waals surface area contributed by atoms with E-state index in [9.17, 15) is 14.0 Å². The Morgan fingerprint density at radius 2 is 2.18 bits per heavy atom. The first kappa shape index (κ1) is 19.4. The molecule has 6 nitrogen and oxygen atoms in total. The number of amides is 2. The molecular weight excluding hydrogens is 401 g/mol. The van der Waals surface area contributed by atoms with Crippen molar-refractivity contribution in [3.8, 4) is 0 Å². The van der Waals surface area contributed by atoms with Gasteiger partial charge in [-0.1, -0.05) is 11.3 Å². The van der Waals surface area contributed by atoms with E-state index in [2.05, 4.69) is 10.3 Å². The SMILES string of the molecule is O=C(Nc1nc2c(s1)CN(C(=O)CSc1ccc(F)cc1)CC2)C1CCCO1. The van der Waals surface area contributed by atoms with Crippen LogP contribution in [0.5, 0.6) is 0 Å². The van der Waals surface area contributed by atoms with Gasteiger partial charge in [-0.25, -0.2) is 9.37 Å². The van der Waals surface area contributed by atoms with Gasteiger partial charge in [0.25, 0.3) is 5.91 Å². The molecule has 2 aromatic rings. The Balaban J connectivity index is 1.32. The van der Waals surface area contributed by atoms with E-state index in [1.54, 1.807) is 12.1 Å². The Kier molecular flexibility index (Phi) is 5.93. The summed E-state index contributed by atoms with van der Waals surface area (Å²) in [4.78, 5) is 32.9. The molecule has 0 spiro atoms. The maximum Gasteiger partial charge on any atom is 0.255 e. The van der Waals surface area contributed by atoms with Crippen LogP contribution >= 0.6 is 23.1 Å². The Morgan fingerprint density at radius 3 is 2.93 bits per heavy atom. The van der Waals surface area contributed by atoms with Gasteiger partial charge in [-0.2, -0.15) is 0 Å². The number of nitrogens with zero attached hydrogens (tertiary/aromatic N) is 2. The van der Waals surface area contributed by atoms with E-state index in [1.165, 1.54) is 35.2 Å². The molecule has 1 fully saturated rings. The number of thiazole rings is 1. The largest absolute Gasteiger partial charge is 0.368 e. The second kappa shape index (κ2) is 8.59. The van der Waals surface area contributed by atoms with Crippen LogP contribution in [0.4, 0.5) is 9.52 Å². The van der Waals surface area contributed by atoms with Crippen LogP contribution in [0.2, 0.25) is 0 Å². The summed E-state index contributed by atoms with van der Waals surface area (Å²) in [5, 5.41) is 3.41. The van der Waals surface area contributed by atoms with Crippen molar-refractivity contribution in [3.63, 3.8) is 0 Å². The predicted octanol–water partition coefficient (Wildman–Crippen LogP) is 3.08. The quantitative estimate of drug-likeness (QED) is 0.752. The molecule has 28 heavy (non-hydrogen) atoms. The summed E-state index contributed by atoms with van der Waals surface area (Å²) < 4.78 is 18.4. The van der Waals surface area contributed by atoms with Crippen LogP contribution in [-0.2, 0) is 27.3 Å². The summed E-state index contributed by atoms with van der Waals surface area (Å²) >= 11 is 2.82. The van der Waals surface area contributed by atoms with Gasteiger partial charge in [0.05, 0.1) is 18.0 Å². The van der Waals surface area contributed by atoms with Crippen molar-refractivity contribution >= 4 is 40.0 Å². The number of thioether (sulfide) groups is 1. The molecular formula is C19H20FN3O3S2. The van der Waals surface area contributed by atoms with E-state index < -0.39 is 0 Å². The topological polar surface area (TPSA) is 71.5 Å². The minimum atomic E-state index is -0.387. The number of halogens is 1. The van der Waals surface area contributed by atoms with E-state index in [0.29, 0.717) is 37.0 Å². The molecule has 1 unspecified atom stereocenters. The summed E-state index contributed by atoms with van der Waals surface area (Å²) in [7, 11) is 0. The van der Waals surface area contributed by atoms with Crippen molar-refractivity contribution in [1.29, 1.82) is 0 Å². The average Bonchev–Trinajstić information content (AvgIpc) is 3.36. The molecule has 1 N–H and O–H groups in total. The first-order chi connectivity index (χ1) is 13.6. The molecule has 0 bridgehead atoms. The van der Waals surface area contributed by atoms with Crippen LogP contribution in [0, 0.1) is 5.82 Å². The first-order valence-corrected chi connectivity index (χ1v) is 11.0.